The molecule has 2 aliphatic rings. The maximum atomic E-state index is 13.5. The van der Waals surface area contributed by atoms with Gasteiger partial charge in [0.15, 0.2) is 5.84 Å². The van der Waals surface area contributed by atoms with Crippen molar-refractivity contribution in [3.8, 4) is 0 Å². The van der Waals surface area contributed by atoms with Crippen LogP contribution < -0.4 is 0 Å². The van der Waals surface area contributed by atoms with Crippen molar-refractivity contribution in [2.45, 2.75) is 58.5 Å². The fraction of sp³-hybridized carbons (Fsp3) is 0.345. The molecule has 2 heterocycles. The monoisotopic (exact) mass is 483 g/mol. The normalized spacial score (nSPS) is 14.4. The number of guanidine groups is 1. The van der Waals surface area contributed by atoms with Crippen LogP contribution >= 0.6 is 0 Å². The van der Waals surface area contributed by atoms with Crippen molar-refractivity contribution in [3.63, 3.8) is 0 Å². The number of aliphatic imine (C=N–C) groups is 3. The summed E-state index contributed by atoms with van der Waals surface area (Å²) in [6.07, 6.45) is 8.78. The Morgan fingerprint density at radius 1 is 0.833 bits per heavy atom. The van der Waals surface area contributed by atoms with Gasteiger partial charge in [-0.3, -0.25) is 19.4 Å². The molecule has 0 fully saturated rings. The third-order valence-electron chi connectivity index (χ3n) is 6.19. The van der Waals surface area contributed by atoms with Crippen molar-refractivity contribution < 1.29 is 9.59 Å². The third kappa shape index (κ3) is 6.92. The van der Waals surface area contributed by atoms with Gasteiger partial charge in [-0.2, -0.15) is 9.98 Å². The molecule has 0 aliphatic carbocycles. The summed E-state index contributed by atoms with van der Waals surface area (Å²) in [5, 5.41) is 0. The molecule has 0 spiro atoms. The maximum Gasteiger partial charge on any atom is 0.284 e. The molecule has 7 nitrogen and oxygen atoms in total. The van der Waals surface area contributed by atoms with E-state index in [9.17, 15) is 9.59 Å². The van der Waals surface area contributed by atoms with Gasteiger partial charge in [0.2, 0.25) is 11.9 Å². The van der Waals surface area contributed by atoms with Crippen LogP contribution in [0, 0.1) is 0 Å². The molecule has 2 amide bonds. The quantitative estimate of drug-likeness (QED) is 0.310. The number of carbonyl (C=O) groups excluding carboxylic acids is 2. The van der Waals surface area contributed by atoms with E-state index in [-0.39, 0.29) is 18.5 Å². The molecule has 2 aliphatic heterocycles. The Morgan fingerprint density at radius 3 is 2.11 bits per heavy atom. The van der Waals surface area contributed by atoms with Gasteiger partial charge >= 0.3 is 0 Å². The number of allylic oxidation sites excluding steroid dienone is 1. The molecule has 2 aromatic carbocycles. The molecule has 0 saturated carbocycles. The molecule has 36 heavy (non-hydrogen) atoms. The standard InChI is InChI=1S/C29H33N5O2/c1-2-3-4-5-12-17-26(35)34(29-31-27-25(18-19-30-27)28(36)32-29)22-33(20-23-13-8-6-9-14-23)21-24-15-10-7-11-16-24/h6-11,13-16,18-19H,2-5,12,17,20-22H2,1H3. The molecule has 186 valence electrons. The van der Waals surface area contributed by atoms with E-state index >= 15 is 0 Å². The molecule has 0 aromatic heterocycles. The lowest BCUT2D eigenvalue weighted by Crippen LogP contribution is -2.45. The average molecular weight is 484 g/mol. The summed E-state index contributed by atoms with van der Waals surface area (Å²) in [7, 11) is 0. The first-order valence-electron chi connectivity index (χ1n) is 12.7. The van der Waals surface area contributed by atoms with E-state index in [1.54, 1.807) is 17.2 Å². The highest BCUT2D eigenvalue weighted by Gasteiger charge is 2.30. The Balaban J connectivity index is 1.58. The Kier molecular flexibility index (Phi) is 9.05. The zero-order valence-electron chi connectivity index (χ0n) is 20.8. The zero-order chi connectivity index (χ0) is 25.2. The molecule has 4 rings (SSSR count). The number of unbranched alkanes of at least 4 members (excludes halogenated alkanes) is 4. The second-order valence-corrected chi connectivity index (χ2v) is 9.10. The van der Waals surface area contributed by atoms with Gasteiger partial charge in [-0.15, -0.1) is 0 Å². The topological polar surface area (TPSA) is 77.7 Å². The van der Waals surface area contributed by atoms with Crippen LogP contribution in [0.25, 0.3) is 0 Å². The van der Waals surface area contributed by atoms with Gasteiger partial charge in [0, 0.05) is 25.7 Å². The van der Waals surface area contributed by atoms with Crippen molar-refractivity contribution in [1.82, 2.24) is 9.80 Å². The number of rotatable bonds is 12. The van der Waals surface area contributed by atoms with Crippen LogP contribution in [0.3, 0.4) is 0 Å². The number of carbonyl (C=O) groups is 2. The number of hydrogen-bond donors (Lipinski definition) is 0. The summed E-state index contributed by atoms with van der Waals surface area (Å²) in [6, 6.07) is 20.3. The van der Waals surface area contributed by atoms with Gasteiger partial charge < -0.3 is 0 Å². The van der Waals surface area contributed by atoms with Gasteiger partial charge in [-0.25, -0.2) is 4.99 Å². The zero-order valence-corrected chi connectivity index (χ0v) is 20.8. The molecule has 0 saturated heterocycles. The molecular formula is C29H33N5O2. The van der Waals surface area contributed by atoms with Crippen molar-refractivity contribution in [1.29, 1.82) is 0 Å². The summed E-state index contributed by atoms with van der Waals surface area (Å²) >= 11 is 0. The van der Waals surface area contributed by atoms with E-state index in [0.29, 0.717) is 30.9 Å². The van der Waals surface area contributed by atoms with Crippen molar-refractivity contribution in [2.24, 2.45) is 15.0 Å². The van der Waals surface area contributed by atoms with Crippen LogP contribution in [0.1, 0.15) is 56.6 Å². The van der Waals surface area contributed by atoms with Gasteiger partial charge in [0.1, 0.15) is 0 Å². The van der Waals surface area contributed by atoms with E-state index in [1.807, 2.05) is 36.4 Å². The lowest BCUT2D eigenvalue weighted by molar-refractivity contribution is -0.129. The van der Waals surface area contributed by atoms with Crippen molar-refractivity contribution >= 4 is 29.8 Å². The van der Waals surface area contributed by atoms with Gasteiger partial charge in [-0.1, -0.05) is 93.3 Å². The van der Waals surface area contributed by atoms with Gasteiger partial charge in [0.05, 0.1) is 12.2 Å². The fourth-order valence-corrected chi connectivity index (χ4v) is 4.28. The molecule has 0 radical (unpaired) electrons. The Labute approximate surface area is 213 Å². The van der Waals surface area contributed by atoms with Crippen LogP contribution in [-0.4, -0.2) is 46.3 Å². The van der Waals surface area contributed by atoms with Crippen LogP contribution in [-0.2, 0) is 22.7 Å². The van der Waals surface area contributed by atoms with Crippen molar-refractivity contribution in [3.05, 3.63) is 83.4 Å². The van der Waals surface area contributed by atoms with E-state index in [4.69, 9.17) is 0 Å². The minimum atomic E-state index is -0.411. The first-order chi connectivity index (χ1) is 17.6. The highest BCUT2D eigenvalue weighted by Crippen LogP contribution is 2.18. The van der Waals surface area contributed by atoms with Crippen LogP contribution in [0.5, 0.6) is 0 Å². The fourth-order valence-electron chi connectivity index (χ4n) is 4.28. The SMILES string of the molecule is CCCCCCCC(=O)N(CN(Cc1ccccc1)Cc1ccccc1)C1=NC(=O)C2=CC=NC2=N1. The van der Waals surface area contributed by atoms with Crippen LogP contribution in [0.2, 0.25) is 0 Å². The summed E-state index contributed by atoms with van der Waals surface area (Å²) < 4.78 is 0. The van der Waals surface area contributed by atoms with E-state index in [1.165, 1.54) is 6.42 Å². The smallest absolute Gasteiger partial charge is 0.277 e. The largest absolute Gasteiger partial charge is 0.284 e. The number of hydrogen-bond acceptors (Lipinski definition) is 5. The lowest BCUT2D eigenvalue weighted by atomic mass is 10.1. The molecule has 7 heteroatoms. The number of amides is 2. The molecule has 2 aromatic rings. The Hall–Kier alpha value is -3.71. The Bertz CT molecular complexity index is 1130. The van der Waals surface area contributed by atoms with Crippen molar-refractivity contribution in [2.75, 3.05) is 6.67 Å². The minimum Gasteiger partial charge on any atom is -0.277 e. The average Bonchev–Trinajstić information content (AvgIpc) is 3.37. The summed E-state index contributed by atoms with van der Waals surface area (Å²) in [6.45, 7) is 3.71. The number of amidine groups is 1. The molecule has 0 atom stereocenters. The summed E-state index contributed by atoms with van der Waals surface area (Å²) in [5.41, 5.74) is 2.65. The van der Waals surface area contributed by atoms with Gasteiger partial charge in [-0.05, 0) is 23.6 Å². The molecular weight excluding hydrogens is 450 g/mol. The molecule has 0 unspecified atom stereocenters. The van der Waals surface area contributed by atoms with Crippen LogP contribution in [0.15, 0.2) is 87.3 Å². The van der Waals surface area contributed by atoms with E-state index < -0.39 is 5.91 Å². The second-order valence-electron chi connectivity index (χ2n) is 9.10. The predicted molar refractivity (Wildman–Crippen MR) is 144 cm³/mol. The van der Waals surface area contributed by atoms with Gasteiger partial charge in [0.25, 0.3) is 5.91 Å². The maximum absolute atomic E-state index is 13.5. The summed E-state index contributed by atoms with van der Waals surface area (Å²) in [5.74, 6) is -0.0480. The lowest BCUT2D eigenvalue weighted by Gasteiger charge is -2.31. The number of fused-ring (bicyclic) bond motifs is 1. The van der Waals surface area contributed by atoms with E-state index in [2.05, 4.69) is 51.1 Å². The first kappa shape index (κ1) is 25.4. The van der Waals surface area contributed by atoms with Crippen LogP contribution in [0.4, 0.5) is 0 Å². The first-order valence-corrected chi connectivity index (χ1v) is 12.7. The molecule has 0 bridgehead atoms. The number of benzene rings is 2. The van der Waals surface area contributed by atoms with E-state index in [0.717, 1.165) is 36.8 Å². The number of nitrogens with zero attached hydrogens (tertiary/aromatic N) is 5. The highest BCUT2D eigenvalue weighted by atomic mass is 16.2. The highest BCUT2D eigenvalue weighted by molar-refractivity contribution is 6.33. The molecule has 0 N–H and O–H groups in total. The second kappa shape index (κ2) is 12.8. The minimum absolute atomic E-state index is 0.0806. The Morgan fingerprint density at radius 2 is 1.47 bits per heavy atom. The third-order valence-corrected chi connectivity index (χ3v) is 6.19. The summed E-state index contributed by atoms with van der Waals surface area (Å²) in [4.78, 5) is 42.8. The predicted octanol–water partition coefficient (Wildman–Crippen LogP) is 5.14.